The summed E-state index contributed by atoms with van der Waals surface area (Å²) in [5.74, 6) is 0.216. The molecule has 0 saturated carbocycles. The van der Waals surface area contributed by atoms with E-state index < -0.39 is 0 Å². The van der Waals surface area contributed by atoms with Crippen molar-refractivity contribution < 1.29 is 9.18 Å². The average Bonchev–Trinajstić information content (AvgIpc) is 3.10. The minimum Gasteiger partial charge on any atom is -0.333 e. The van der Waals surface area contributed by atoms with Gasteiger partial charge in [-0.1, -0.05) is 42.5 Å². The van der Waals surface area contributed by atoms with Crippen LogP contribution in [-0.4, -0.2) is 25.3 Å². The Labute approximate surface area is 155 Å². The van der Waals surface area contributed by atoms with E-state index in [0.717, 1.165) is 0 Å². The summed E-state index contributed by atoms with van der Waals surface area (Å²) in [6.07, 6.45) is 4.96. The Balaban J connectivity index is 1.63. The smallest absolute Gasteiger partial charge is 0.230 e. The number of nitrogens with zero attached hydrogens (tertiary/aromatic N) is 4. The first kappa shape index (κ1) is 16.8. The molecule has 0 aliphatic heterocycles. The summed E-state index contributed by atoms with van der Waals surface area (Å²) in [4.78, 5) is 25.3. The van der Waals surface area contributed by atoms with Crippen LogP contribution in [0.15, 0.2) is 73.2 Å². The minimum atomic E-state index is -0.316. The maximum atomic E-state index is 13.5. The van der Waals surface area contributed by atoms with Crippen LogP contribution < -0.4 is 0 Å². The second-order valence-corrected chi connectivity index (χ2v) is 6.06. The van der Waals surface area contributed by atoms with E-state index in [4.69, 9.17) is 0 Å². The van der Waals surface area contributed by atoms with Crippen molar-refractivity contribution >= 4 is 5.78 Å². The molecule has 0 aliphatic rings. The Kier molecular flexibility index (Phi) is 4.30. The first-order valence-corrected chi connectivity index (χ1v) is 8.33. The van der Waals surface area contributed by atoms with Crippen molar-refractivity contribution in [3.05, 3.63) is 90.4 Å². The first-order chi connectivity index (χ1) is 13.1. The summed E-state index contributed by atoms with van der Waals surface area (Å²) in [6, 6.07) is 15.2. The highest BCUT2D eigenvalue weighted by molar-refractivity contribution is 6.06. The maximum absolute atomic E-state index is 13.5. The fraction of sp³-hybridized carbons (Fsp3) is 0.0476. The zero-order chi connectivity index (χ0) is 18.8. The topological polar surface area (TPSA) is 60.7 Å². The molecular weight excluding hydrogens is 343 g/mol. The fourth-order valence-electron chi connectivity index (χ4n) is 2.80. The highest BCUT2D eigenvalue weighted by Crippen LogP contribution is 2.24. The van der Waals surface area contributed by atoms with E-state index in [-0.39, 0.29) is 17.4 Å². The van der Waals surface area contributed by atoms with Gasteiger partial charge in [-0.3, -0.25) is 4.79 Å². The highest BCUT2D eigenvalue weighted by atomic mass is 19.1. The van der Waals surface area contributed by atoms with E-state index >= 15 is 0 Å². The summed E-state index contributed by atoms with van der Waals surface area (Å²) < 4.78 is 15.3. The third-order valence-corrected chi connectivity index (χ3v) is 4.15. The summed E-state index contributed by atoms with van der Waals surface area (Å²) >= 11 is 0. The predicted octanol–water partition coefficient (Wildman–Crippen LogP) is 3.91. The van der Waals surface area contributed by atoms with Gasteiger partial charge < -0.3 is 4.57 Å². The Hall–Kier alpha value is -3.67. The number of hydrogen-bond acceptors (Lipinski definition) is 4. The molecule has 0 atom stereocenters. The van der Waals surface area contributed by atoms with Crippen molar-refractivity contribution in [2.45, 2.75) is 0 Å². The quantitative estimate of drug-likeness (QED) is 0.519. The number of rotatable bonds is 4. The molecule has 2 heterocycles. The van der Waals surface area contributed by atoms with Gasteiger partial charge in [0.2, 0.25) is 11.6 Å². The van der Waals surface area contributed by atoms with Crippen molar-refractivity contribution in [2.75, 3.05) is 0 Å². The van der Waals surface area contributed by atoms with E-state index in [1.54, 1.807) is 48.8 Å². The molecule has 5 nitrogen and oxygen atoms in total. The Morgan fingerprint density at radius 3 is 2.41 bits per heavy atom. The molecule has 0 N–H and O–H groups in total. The van der Waals surface area contributed by atoms with Gasteiger partial charge in [-0.05, 0) is 12.1 Å². The molecule has 0 saturated heterocycles. The molecule has 2 aromatic heterocycles. The number of aromatic nitrogens is 4. The van der Waals surface area contributed by atoms with Gasteiger partial charge in [0.1, 0.15) is 11.6 Å². The molecule has 4 aromatic rings. The summed E-state index contributed by atoms with van der Waals surface area (Å²) in [6.45, 7) is 0. The van der Waals surface area contributed by atoms with Gasteiger partial charge in [-0.2, -0.15) is 0 Å². The zero-order valence-electron chi connectivity index (χ0n) is 14.5. The minimum absolute atomic E-state index is 0.131. The predicted molar refractivity (Wildman–Crippen MR) is 99.5 cm³/mol. The summed E-state index contributed by atoms with van der Waals surface area (Å²) in [7, 11) is 1.84. The molecule has 0 bridgehead atoms. The molecule has 0 unspecified atom stereocenters. The highest BCUT2D eigenvalue weighted by Gasteiger charge is 2.14. The van der Waals surface area contributed by atoms with Crippen LogP contribution >= 0.6 is 0 Å². The van der Waals surface area contributed by atoms with Gasteiger partial charge in [-0.15, -0.1) is 0 Å². The molecule has 27 heavy (non-hydrogen) atoms. The van der Waals surface area contributed by atoms with Gasteiger partial charge in [0, 0.05) is 42.3 Å². The van der Waals surface area contributed by atoms with Crippen LogP contribution in [0.2, 0.25) is 0 Å². The first-order valence-electron chi connectivity index (χ1n) is 8.33. The number of carbonyl (C=O) groups excluding carboxylic acids is 1. The lowest BCUT2D eigenvalue weighted by Crippen LogP contribution is -2.06. The van der Waals surface area contributed by atoms with Crippen LogP contribution in [-0.2, 0) is 7.05 Å². The normalized spacial score (nSPS) is 10.7. The molecule has 0 spiro atoms. The van der Waals surface area contributed by atoms with Gasteiger partial charge in [0.05, 0.1) is 5.69 Å². The second-order valence-electron chi connectivity index (χ2n) is 6.06. The molecule has 6 heteroatoms. The molecule has 0 radical (unpaired) electrons. The molecule has 0 amide bonds. The van der Waals surface area contributed by atoms with Gasteiger partial charge in [0.25, 0.3) is 0 Å². The number of aryl methyl sites for hydroxylation is 1. The molecular formula is C21H15FN4O. The third-order valence-electron chi connectivity index (χ3n) is 4.15. The molecule has 4 rings (SSSR count). The summed E-state index contributed by atoms with van der Waals surface area (Å²) in [5, 5.41) is 0. The largest absolute Gasteiger partial charge is 0.333 e. The Morgan fingerprint density at radius 2 is 1.70 bits per heavy atom. The average molecular weight is 358 g/mol. The van der Waals surface area contributed by atoms with E-state index in [0.29, 0.717) is 28.2 Å². The van der Waals surface area contributed by atoms with E-state index in [2.05, 4.69) is 15.0 Å². The van der Waals surface area contributed by atoms with Gasteiger partial charge in [0.15, 0.2) is 0 Å². The van der Waals surface area contributed by atoms with Crippen LogP contribution in [0.4, 0.5) is 4.39 Å². The SMILES string of the molecule is Cn1cc(-c2cnc(C(=O)c3ccccc3)nc2)nc1-c1cccc(F)c1. The number of imidazole rings is 1. The third kappa shape index (κ3) is 3.37. The zero-order valence-corrected chi connectivity index (χ0v) is 14.5. The number of hydrogen-bond donors (Lipinski definition) is 0. The second kappa shape index (κ2) is 6.92. The van der Waals surface area contributed by atoms with E-state index in [1.807, 2.05) is 23.9 Å². The lowest BCUT2D eigenvalue weighted by Gasteiger charge is -2.01. The fourth-order valence-corrected chi connectivity index (χ4v) is 2.80. The van der Waals surface area contributed by atoms with Crippen LogP contribution in [0.3, 0.4) is 0 Å². The van der Waals surface area contributed by atoms with Crippen molar-refractivity contribution in [3.63, 3.8) is 0 Å². The van der Waals surface area contributed by atoms with Crippen LogP contribution in [0.1, 0.15) is 16.2 Å². The van der Waals surface area contributed by atoms with Crippen molar-refractivity contribution in [1.29, 1.82) is 0 Å². The molecule has 0 fully saturated rings. The lowest BCUT2D eigenvalue weighted by molar-refractivity contribution is 0.102. The monoisotopic (exact) mass is 358 g/mol. The van der Waals surface area contributed by atoms with Crippen molar-refractivity contribution in [2.24, 2.45) is 7.05 Å². The van der Waals surface area contributed by atoms with Gasteiger partial charge >= 0.3 is 0 Å². The summed E-state index contributed by atoms with van der Waals surface area (Å²) in [5.41, 5.74) is 2.55. The van der Waals surface area contributed by atoms with Crippen LogP contribution in [0.25, 0.3) is 22.6 Å². The lowest BCUT2D eigenvalue weighted by atomic mass is 10.1. The van der Waals surface area contributed by atoms with Crippen LogP contribution in [0, 0.1) is 5.82 Å². The van der Waals surface area contributed by atoms with Crippen molar-refractivity contribution in [3.8, 4) is 22.6 Å². The van der Waals surface area contributed by atoms with Crippen molar-refractivity contribution in [1.82, 2.24) is 19.5 Å². The number of ketones is 1. The molecule has 2 aromatic carbocycles. The number of halogens is 1. The number of carbonyl (C=O) groups is 1. The van der Waals surface area contributed by atoms with Crippen LogP contribution in [0.5, 0.6) is 0 Å². The molecule has 0 aliphatic carbocycles. The Morgan fingerprint density at radius 1 is 0.963 bits per heavy atom. The van der Waals surface area contributed by atoms with E-state index in [1.165, 1.54) is 12.1 Å². The molecule has 132 valence electrons. The Bertz CT molecular complexity index is 1100. The number of benzene rings is 2. The van der Waals surface area contributed by atoms with Gasteiger partial charge in [-0.25, -0.2) is 19.3 Å². The maximum Gasteiger partial charge on any atom is 0.230 e. The standard InChI is InChI=1S/C21H15FN4O/c1-26-13-18(25-21(26)15-8-5-9-17(22)10-15)16-11-23-20(24-12-16)19(27)14-6-3-2-4-7-14/h2-13H,1H3. The van der Waals surface area contributed by atoms with E-state index in [9.17, 15) is 9.18 Å².